The van der Waals surface area contributed by atoms with E-state index in [0.717, 1.165) is 17.6 Å². The van der Waals surface area contributed by atoms with Gasteiger partial charge in [0.1, 0.15) is 0 Å². The summed E-state index contributed by atoms with van der Waals surface area (Å²) in [5, 5.41) is 0. The maximum Gasteiger partial charge on any atom is 0.0980 e. The van der Waals surface area contributed by atoms with Gasteiger partial charge in [0.05, 0.1) is 25.1 Å². The van der Waals surface area contributed by atoms with Gasteiger partial charge in [0.2, 0.25) is 0 Å². The van der Waals surface area contributed by atoms with E-state index in [4.69, 9.17) is 8.83 Å². The van der Waals surface area contributed by atoms with Crippen molar-refractivity contribution in [2.45, 2.75) is 13.3 Å². The third kappa shape index (κ3) is 2.54. The SMILES string of the molecule is CC=C(C=CCc1ccoc1)c1ccoc1. The molecule has 0 fully saturated rings. The van der Waals surface area contributed by atoms with Crippen molar-refractivity contribution in [2.75, 3.05) is 0 Å². The van der Waals surface area contributed by atoms with Crippen LogP contribution in [0.15, 0.2) is 64.2 Å². The second-order valence-electron chi connectivity index (χ2n) is 3.49. The van der Waals surface area contributed by atoms with E-state index in [2.05, 4.69) is 18.2 Å². The summed E-state index contributed by atoms with van der Waals surface area (Å²) in [4.78, 5) is 0. The van der Waals surface area contributed by atoms with Crippen LogP contribution in [0.5, 0.6) is 0 Å². The Balaban J connectivity index is 2.00. The second kappa shape index (κ2) is 5.21. The zero-order valence-corrected chi connectivity index (χ0v) is 9.22. The molecule has 0 atom stereocenters. The average molecular weight is 214 g/mol. The molecule has 0 saturated heterocycles. The topological polar surface area (TPSA) is 26.3 Å². The van der Waals surface area contributed by atoms with Gasteiger partial charge in [0, 0.05) is 5.56 Å². The minimum Gasteiger partial charge on any atom is -0.472 e. The van der Waals surface area contributed by atoms with Crippen LogP contribution >= 0.6 is 0 Å². The summed E-state index contributed by atoms with van der Waals surface area (Å²) in [5.74, 6) is 0. The first-order chi connectivity index (χ1) is 7.90. The number of hydrogen-bond acceptors (Lipinski definition) is 2. The highest BCUT2D eigenvalue weighted by atomic mass is 16.3. The van der Waals surface area contributed by atoms with Crippen LogP contribution in [-0.4, -0.2) is 0 Å². The molecule has 2 rings (SSSR count). The molecule has 2 heterocycles. The molecule has 2 aromatic heterocycles. The molecule has 0 aliphatic rings. The second-order valence-corrected chi connectivity index (χ2v) is 3.49. The molecule has 2 heteroatoms. The van der Waals surface area contributed by atoms with Gasteiger partial charge < -0.3 is 8.83 Å². The normalized spacial score (nSPS) is 12.4. The highest BCUT2D eigenvalue weighted by Crippen LogP contribution is 2.16. The Bertz CT molecular complexity index is 459. The van der Waals surface area contributed by atoms with Crippen LogP contribution < -0.4 is 0 Å². The predicted molar refractivity (Wildman–Crippen MR) is 63.9 cm³/mol. The molecule has 0 unspecified atom stereocenters. The molecule has 0 aliphatic carbocycles. The highest BCUT2D eigenvalue weighted by molar-refractivity contribution is 5.72. The lowest BCUT2D eigenvalue weighted by Crippen LogP contribution is -1.78. The lowest BCUT2D eigenvalue weighted by atomic mass is 10.1. The van der Waals surface area contributed by atoms with Crippen molar-refractivity contribution in [1.82, 2.24) is 0 Å². The predicted octanol–water partition coefficient (Wildman–Crippen LogP) is 4.07. The molecule has 0 bridgehead atoms. The molecule has 16 heavy (non-hydrogen) atoms. The fourth-order valence-corrected chi connectivity index (χ4v) is 1.52. The van der Waals surface area contributed by atoms with Crippen molar-refractivity contribution in [3.8, 4) is 0 Å². The van der Waals surface area contributed by atoms with Crippen molar-refractivity contribution in [1.29, 1.82) is 0 Å². The van der Waals surface area contributed by atoms with Gasteiger partial charge in [-0.3, -0.25) is 0 Å². The van der Waals surface area contributed by atoms with Crippen molar-refractivity contribution in [3.63, 3.8) is 0 Å². The Morgan fingerprint density at radius 1 is 1.19 bits per heavy atom. The summed E-state index contributed by atoms with van der Waals surface area (Å²) in [5.41, 5.74) is 3.45. The van der Waals surface area contributed by atoms with Crippen LogP contribution in [0.2, 0.25) is 0 Å². The Hall–Kier alpha value is -1.96. The van der Waals surface area contributed by atoms with Crippen molar-refractivity contribution >= 4 is 5.57 Å². The third-order valence-electron chi connectivity index (χ3n) is 2.40. The maximum atomic E-state index is 5.06. The summed E-state index contributed by atoms with van der Waals surface area (Å²) in [7, 11) is 0. The van der Waals surface area contributed by atoms with E-state index >= 15 is 0 Å². The quantitative estimate of drug-likeness (QED) is 0.717. The van der Waals surface area contributed by atoms with Crippen LogP contribution in [-0.2, 0) is 6.42 Å². The smallest absolute Gasteiger partial charge is 0.0980 e. The number of allylic oxidation sites excluding steroid dienone is 4. The van der Waals surface area contributed by atoms with Crippen LogP contribution in [0.3, 0.4) is 0 Å². The van der Waals surface area contributed by atoms with Gasteiger partial charge in [0.15, 0.2) is 0 Å². The van der Waals surface area contributed by atoms with E-state index in [1.165, 1.54) is 5.56 Å². The summed E-state index contributed by atoms with van der Waals surface area (Å²) in [6.45, 7) is 2.02. The molecule has 82 valence electrons. The Morgan fingerprint density at radius 2 is 2.00 bits per heavy atom. The molecular formula is C14H14O2. The lowest BCUT2D eigenvalue weighted by Gasteiger charge is -1.95. The molecular weight excluding hydrogens is 200 g/mol. The molecule has 0 aromatic carbocycles. The molecule has 2 nitrogen and oxygen atoms in total. The average Bonchev–Trinajstić information content (AvgIpc) is 2.96. The van der Waals surface area contributed by atoms with Crippen LogP contribution in [0.4, 0.5) is 0 Å². The van der Waals surface area contributed by atoms with E-state index in [1.54, 1.807) is 25.1 Å². The largest absolute Gasteiger partial charge is 0.472 e. The molecule has 0 aliphatic heterocycles. The van der Waals surface area contributed by atoms with Crippen LogP contribution in [0.1, 0.15) is 18.1 Å². The number of rotatable bonds is 4. The fourth-order valence-electron chi connectivity index (χ4n) is 1.52. The molecule has 0 spiro atoms. The van der Waals surface area contributed by atoms with Crippen LogP contribution in [0, 0.1) is 0 Å². The van der Waals surface area contributed by atoms with E-state index < -0.39 is 0 Å². The van der Waals surface area contributed by atoms with Gasteiger partial charge in [-0.1, -0.05) is 18.2 Å². The van der Waals surface area contributed by atoms with Crippen molar-refractivity contribution in [3.05, 3.63) is 66.5 Å². The molecule has 0 radical (unpaired) electrons. The fraction of sp³-hybridized carbons (Fsp3) is 0.143. The Labute approximate surface area is 94.9 Å². The summed E-state index contributed by atoms with van der Waals surface area (Å²) < 4.78 is 10.1. The first-order valence-electron chi connectivity index (χ1n) is 5.26. The van der Waals surface area contributed by atoms with Gasteiger partial charge in [-0.15, -0.1) is 0 Å². The lowest BCUT2D eigenvalue weighted by molar-refractivity contribution is 0.564. The van der Waals surface area contributed by atoms with Crippen molar-refractivity contribution in [2.24, 2.45) is 0 Å². The monoisotopic (exact) mass is 214 g/mol. The minimum atomic E-state index is 0.881. The number of furan rings is 2. The zero-order valence-electron chi connectivity index (χ0n) is 9.22. The minimum absolute atomic E-state index is 0.881. The maximum absolute atomic E-state index is 5.06. The van der Waals surface area contributed by atoms with Gasteiger partial charge in [0.25, 0.3) is 0 Å². The summed E-state index contributed by atoms with van der Waals surface area (Å²) in [6, 6.07) is 3.93. The molecule has 0 amide bonds. The first kappa shape index (κ1) is 10.6. The molecule has 0 saturated carbocycles. The molecule has 2 aromatic rings. The Morgan fingerprint density at radius 3 is 2.62 bits per heavy atom. The highest BCUT2D eigenvalue weighted by Gasteiger charge is 1.97. The molecule has 0 N–H and O–H groups in total. The standard InChI is InChI=1S/C14H14O2/c1-2-13(14-7-9-16-11-14)5-3-4-12-6-8-15-10-12/h2-3,5-11H,4H2,1H3. The summed E-state index contributed by atoms with van der Waals surface area (Å²) in [6.07, 6.45) is 14.0. The number of hydrogen-bond donors (Lipinski definition) is 0. The van der Waals surface area contributed by atoms with Crippen LogP contribution in [0.25, 0.3) is 5.57 Å². The Kier molecular flexibility index (Phi) is 3.44. The summed E-state index contributed by atoms with van der Waals surface area (Å²) >= 11 is 0. The van der Waals surface area contributed by atoms with Gasteiger partial charge in [-0.25, -0.2) is 0 Å². The van der Waals surface area contributed by atoms with Crippen molar-refractivity contribution < 1.29 is 8.83 Å². The van der Waals surface area contributed by atoms with Gasteiger partial charge in [-0.2, -0.15) is 0 Å². The van der Waals surface area contributed by atoms with E-state index in [9.17, 15) is 0 Å². The third-order valence-corrected chi connectivity index (χ3v) is 2.40. The van der Waals surface area contributed by atoms with Gasteiger partial charge >= 0.3 is 0 Å². The first-order valence-corrected chi connectivity index (χ1v) is 5.26. The van der Waals surface area contributed by atoms with E-state index in [-0.39, 0.29) is 0 Å². The van der Waals surface area contributed by atoms with E-state index in [1.807, 2.05) is 19.1 Å². The van der Waals surface area contributed by atoms with Gasteiger partial charge in [-0.05, 0) is 36.6 Å². The zero-order chi connectivity index (χ0) is 11.2. The van der Waals surface area contributed by atoms with E-state index in [0.29, 0.717) is 0 Å².